The fraction of sp³-hybridized carbons (Fsp3) is 0.333. The number of ether oxygens (including phenoxy) is 1. The Kier molecular flexibility index (Phi) is 7.08. The van der Waals surface area contributed by atoms with Crippen LogP contribution in [-0.2, 0) is 6.42 Å². The SMILES string of the molecule is CCOc1ccc(F)c(CCNC(=S)NN2C=CC(Cl)C=N2)c1Cl. The molecule has 130 valence electrons. The minimum atomic E-state index is -0.374. The van der Waals surface area contributed by atoms with Gasteiger partial charge in [0.25, 0.3) is 0 Å². The number of alkyl halides is 1. The molecule has 9 heteroatoms. The van der Waals surface area contributed by atoms with Gasteiger partial charge >= 0.3 is 0 Å². The predicted molar refractivity (Wildman–Crippen MR) is 99.1 cm³/mol. The zero-order valence-corrected chi connectivity index (χ0v) is 15.3. The summed E-state index contributed by atoms with van der Waals surface area (Å²) in [4.78, 5) is 0. The molecule has 0 fully saturated rings. The molecule has 0 spiro atoms. The van der Waals surface area contributed by atoms with Crippen molar-refractivity contribution in [2.24, 2.45) is 5.10 Å². The Morgan fingerprint density at radius 3 is 2.96 bits per heavy atom. The van der Waals surface area contributed by atoms with E-state index in [-0.39, 0.29) is 16.2 Å². The van der Waals surface area contributed by atoms with Crippen molar-refractivity contribution in [3.63, 3.8) is 0 Å². The average molecular weight is 391 g/mol. The quantitative estimate of drug-likeness (QED) is 0.576. The van der Waals surface area contributed by atoms with E-state index in [0.29, 0.717) is 36.0 Å². The van der Waals surface area contributed by atoms with Crippen molar-refractivity contribution in [3.8, 4) is 5.75 Å². The lowest BCUT2D eigenvalue weighted by Gasteiger charge is -2.20. The topological polar surface area (TPSA) is 48.9 Å². The van der Waals surface area contributed by atoms with Gasteiger partial charge in [-0.1, -0.05) is 11.6 Å². The van der Waals surface area contributed by atoms with Crippen LogP contribution in [0.15, 0.2) is 29.5 Å². The van der Waals surface area contributed by atoms with Crippen LogP contribution in [0.5, 0.6) is 5.75 Å². The van der Waals surface area contributed by atoms with E-state index in [1.165, 1.54) is 17.3 Å². The molecule has 2 rings (SSSR count). The molecule has 1 aromatic rings. The van der Waals surface area contributed by atoms with E-state index in [0.717, 1.165) is 0 Å². The molecule has 1 aromatic carbocycles. The fourth-order valence-corrected chi connectivity index (χ4v) is 2.58. The van der Waals surface area contributed by atoms with E-state index < -0.39 is 0 Å². The molecule has 0 aromatic heterocycles. The number of hydrazine groups is 1. The largest absolute Gasteiger partial charge is 0.492 e. The normalized spacial score (nSPS) is 16.2. The van der Waals surface area contributed by atoms with Gasteiger partial charge in [0.15, 0.2) is 5.11 Å². The van der Waals surface area contributed by atoms with Gasteiger partial charge in [-0.15, -0.1) is 11.6 Å². The van der Waals surface area contributed by atoms with Crippen molar-refractivity contribution in [2.75, 3.05) is 13.2 Å². The first-order valence-corrected chi connectivity index (χ1v) is 8.53. The monoisotopic (exact) mass is 390 g/mol. The van der Waals surface area contributed by atoms with Gasteiger partial charge in [-0.2, -0.15) is 10.2 Å². The Balaban J connectivity index is 1.85. The second-order valence-corrected chi connectivity index (χ2v) is 6.07. The number of allylic oxidation sites excluding steroid dienone is 1. The number of nitrogens with one attached hydrogen (secondary N) is 2. The number of nitrogens with zero attached hydrogens (tertiary/aromatic N) is 2. The van der Waals surface area contributed by atoms with Crippen molar-refractivity contribution in [1.82, 2.24) is 15.9 Å². The van der Waals surface area contributed by atoms with Crippen molar-refractivity contribution in [2.45, 2.75) is 18.7 Å². The standard InChI is InChI=1S/C15H17Cl2FN4OS/c1-2-23-13-4-3-12(18)11(14(13)17)5-7-19-15(24)21-22-8-6-10(16)9-20-22/h3-4,6,8-10H,2,5,7H2,1H3,(H2,19,21,24). The lowest BCUT2D eigenvalue weighted by Crippen LogP contribution is -2.43. The molecule has 0 saturated carbocycles. The molecule has 0 radical (unpaired) electrons. The van der Waals surface area contributed by atoms with Crippen molar-refractivity contribution < 1.29 is 9.13 Å². The van der Waals surface area contributed by atoms with E-state index in [1.54, 1.807) is 18.5 Å². The Hall–Kier alpha value is -1.57. The van der Waals surface area contributed by atoms with Gasteiger partial charge in [0.1, 0.15) is 11.6 Å². The zero-order valence-electron chi connectivity index (χ0n) is 12.9. The Labute approximate surface area is 155 Å². The van der Waals surface area contributed by atoms with Crippen molar-refractivity contribution in [1.29, 1.82) is 0 Å². The average Bonchev–Trinajstić information content (AvgIpc) is 2.55. The lowest BCUT2D eigenvalue weighted by molar-refractivity contribution is 0.339. The second-order valence-electron chi connectivity index (χ2n) is 4.78. The van der Waals surface area contributed by atoms with E-state index in [4.69, 9.17) is 40.2 Å². The first kappa shape index (κ1) is 18.8. The van der Waals surface area contributed by atoms with Gasteiger partial charge in [-0.25, -0.2) is 4.39 Å². The Morgan fingerprint density at radius 2 is 2.29 bits per heavy atom. The third kappa shape index (κ3) is 5.22. The highest BCUT2D eigenvalue weighted by molar-refractivity contribution is 7.80. The summed E-state index contributed by atoms with van der Waals surface area (Å²) in [5, 5.41) is 8.83. The minimum absolute atomic E-state index is 0.229. The molecule has 2 N–H and O–H groups in total. The maximum absolute atomic E-state index is 13.9. The highest BCUT2D eigenvalue weighted by Gasteiger charge is 2.13. The summed E-state index contributed by atoms with van der Waals surface area (Å²) in [7, 11) is 0. The summed E-state index contributed by atoms with van der Waals surface area (Å²) >= 11 is 17.2. The number of hydrazone groups is 1. The van der Waals surface area contributed by atoms with Crippen molar-refractivity contribution in [3.05, 3.63) is 40.8 Å². The number of rotatable bonds is 6. The van der Waals surface area contributed by atoms with Gasteiger partial charge in [0, 0.05) is 24.5 Å². The van der Waals surface area contributed by atoms with Crippen LogP contribution in [0.1, 0.15) is 12.5 Å². The van der Waals surface area contributed by atoms with E-state index in [1.807, 2.05) is 6.92 Å². The summed E-state index contributed by atoms with van der Waals surface area (Å²) in [5.74, 6) is 0.0977. The molecule has 24 heavy (non-hydrogen) atoms. The van der Waals surface area contributed by atoms with Crippen LogP contribution in [0.25, 0.3) is 0 Å². The molecule has 1 heterocycles. The van der Waals surface area contributed by atoms with E-state index >= 15 is 0 Å². The van der Waals surface area contributed by atoms with Crippen LogP contribution in [0.3, 0.4) is 0 Å². The number of hydrogen-bond acceptors (Lipinski definition) is 4. The highest BCUT2D eigenvalue weighted by atomic mass is 35.5. The maximum atomic E-state index is 13.9. The number of halogens is 3. The molecule has 0 amide bonds. The Bertz CT molecular complexity index is 643. The molecule has 1 atom stereocenters. The van der Waals surface area contributed by atoms with Gasteiger partial charge in [0.2, 0.25) is 0 Å². The Morgan fingerprint density at radius 1 is 1.50 bits per heavy atom. The third-order valence-electron chi connectivity index (χ3n) is 3.07. The van der Waals surface area contributed by atoms with E-state index in [9.17, 15) is 4.39 Å². The van der Waals surface area contributed by atoms with Gasteiger partial charge in [-0.3, -0.25) is 5.43 Å². The number of hydrogen-bond donors (Lipinski definition) is 2. The van der Waals surface area contributed by atoms with E-state index in [2.05, 4.69) is 15.8 Å². The second kappa shape index (κ2) is 9.05. The smallest absolute Gasteiger partial charge is 0.186 e. The number of thiocarbonyl (C=S) groups is 1. The summed E-state index contributed by atoms with van der Waals surface area (Å²) in [6.07, 6.45) is 5.33. The van der Waals surface area contributed by atoms with Crippen molar-refractivity contribution >= 4 is 46.7 Å². The highest BCUT2D eigenvalue weighted by Crippen LogP contribution is 2.30. The summed E-state index contributed by atoms with van der Waals surface area (Å²) in [6.45, 7) is 2.70. The van der Waals surface area contributed by atoms with Gasteiger partial charge < -0.3 is 10.1 Å². The van der Waals surface area contributed by atoms with Gasteiger partial charge in [-0.05, 0) is 43.8 Å². The third-order valence-corrected chi connectivity index (χ3v) is 3.98. The molecule has 1 unspecified atom stereocenters. The first-order valence-electron chi connectivity index (χ1n) is 7.31. The molecular formula is C15H17Cl2FN4OS. The van der Waals surface area contributed by atoms with Crippen LogP contribution in [0.2, 0.25) is 5.02 Å². The lowest BCUT2D eigenvalue weighted by atomic mass is 10.1. The molecule has 1 aliphatic rings. The zero-order chi connectivity index (χ0) is 17.5. The summed E-state index contributed by atoms with van der Waals surface area (Å²) < 4.78 is 19.3. The van der Waals surface area contributed by atoms with Crippen LogP contribution < -0.4 is 15.5 Å². The fourth-order valence-electron chi connectivity index (χ4n) is 1.97. The molecule has 0 aliphatic carbocycles. The van der Waals surface area contributed by atoms with Crippen LogP contribution in [-0.4, -0.2) is 35.0 Å². The van der Waals surface area contributed by atoms with Gasteiger partial charge in [0.05, 0.1) is 17.0 Å². The molecule has 1 aliphatic heterocycles. The predicted octanol–water partition coefficient (Wildman–Crippen LogP) is 3.22. The van der Waals surface area contributed by atoms with Crippen LogP contribution in [0, 0.1) is 5.82 Å². The number of benzene rings is 1. The molecule has 5 nitrogen and oxygen atoms in total. The van der Waals surface area contributed by atoms with Crippen LogP contribution >= 0.6 is 35.4 Å². The molecule has 0 bridgehead atoms. The summed E-state index contributed by atoms with van der Waals surface area (Å²) in [6, 6.07) is 2.87. The van der Waals surface area contributed by atoms with Crippen LogP contribution in [0.4, 0.5) is 4.39 Å². The summed E-state index contributed by atoms with van der Waals surface area (Å²) in [5.41, 5.74) is 3.23. The molecular weight excluding hydrogens is 374 g/mol. The maximum Gasteiger partial charge on any atom is 0.186 e. The molecule has 0 saturated heterocycles. The minimum Gasteiger partial charge on any atom is -0.492 e. The first-order chi connectivity index (χ1) is 11.5.